The second kappa shape index (κ2) is 6.05. The first kappa shape index (κ1) is 12.4. The van der Waals surface area contributed by atoms with E-state index in [2.05, 4.69) is 5.32 Å². The second-order valence-electron chi connectivity index (χ2n) is 4.06. The molecular formula is C13H17NO2. The van der Waals surface area contributed by atoms with Gasteiger partial charge < -0.3 is 5.32 Å². The smallest absolute Gasteiger partial charge is 0.227 e. The topological polar surface area (TPSA) is 46.2 Å². The normalized spacial score (nSPS) is 10.2. The minimum absolute atomic E-state index is 0.0226. The average Bonchev–Trinajstić information content (AvgIpc) is 2.27. The highest BCUT2D eigenvalue weighted by molar-refractivity contribution is 5.98. The summed E-state index contributed by atoms with van der Waals surface area (Å²) >= 11 is 0. The van der Waals surface area contributed by atoms with Crippen molar-refractivity contribution in [2.24, 2.45) is 5.92 Å². The zero-order chi connectivity index (χ0) is 12.0. The predicted molar refractivity (Wildman–Crippen MR) is 62.8 cm³/mol. The van der Waals surface area contributed by atoms with Gasteiger partial charge in [-0.1, -0.05) is 44.2 Å². The molecule has 0 aliphatic heterocycles. The highest BCUT2D eigenvalue weighted by Gasteiger charge is 2.12. The van der Waals surface area contributed by atoms with Crippen LogP contribution in [0, 0.1) is 5.92 Å². The first-order valence-corrected chi connectivity index (χ1v) is 5.43. The zero-order valence-electron chi connectivity index (χ0n) is 9.69. The highest BCUT2D eigenvalue weighted by atomic mass is 16.2. The third kappa shape index (κ3) is 4.26. The van der Waals surface area contributed by atoms with Crippen molar-refractivity contribution in [2.45, 2.75) is 26.8 Å². The average molecular weight is 219 g/mol. The van der Waals surface area contributed by atoms with E-state index in [1.54, 1.807) is 13.8 Å². The van der Waals surface area contributed by atoms with Gasteiger partial charge in [-0.2, -0.15) is 0 Å². The highest BCUT2D eigenvalue weighted by Crippen LogP contribution is 2.00. The summed E-state index contributed by atoms with van der Waals surface area (Å²) in [6, 6.07) is 9.63. The number of rotatable bonds is 5. The van der Waals surface area contributed by atoms with Gasteiger partial charge in [-0.15, -0.1) is 0 Å². The fourth-order valence-corrected chi connectivity index (χ4v) is 1.22. The van der Waals surface area contributed by atoms with Crippen molar-refractivity contribution < 1.29 is 9.59 Å². The number of carbonyl (C=O) groups is 2. The van der Waals surface area contributed by atoms with Crippen LogP contribution in [0.1, 0.15) is 25.8 Å². The Morgan fingerprint density at radius 2 is 1.81 bits per heavy atom. The number of amides is 1. The summed E-state index contributed by atoms with van der Waals surface area (Å²) in [5.74, 6) is -0.310. The van der Waals surface area contributed by atoms with Gasteiger partial charge in [0.25, 0.3) is 0 Å². The molecule has 86 valence electrons. The standard InChI is InChI=1S/C13H17NO2/c1-10(2)12(15)8-13(16)14-9-11-6-4-3-5-7-11/h3-7,10H,8-9H2,1-2H3,(H,14,16). The van der Waals surface area contributed by atoms with Crippen LogP contribution in [0.5, 0.6) is 0 Å². The third-order valence-corrected chi connectivity index (χ3v) is 2.31. The van der Waals surface area contributed by atoms with Gasteiger partial charge in [-0.3, -0.25) is 9.59 Å². The van der Waals surface area contributed by atoms with Gasteiger partial charge in [0.15, 0.2) is 0 Å². The van der Waals surface area contributed by atoms with Crippen molar-refractivity contribution in [3.8, 4) is 0 Å². The Hall–Kier alpha value is -1.64. The Balaban J connectivity index is 2.34. The number of benzene rings is 1. The Morgan fingerprint density at radius 1 is 1.19 bits per heavy atom. The van der Waals surface area contributed by atoms with Gasteiger partial charge in [0.05, 0.1) is 6.42 Å². The lowest BCUT2D eigenvalue weighted by Gasteiger charge is -2.06. The summed E-state index contributed by atoms with van der Waals surface area (Å²) in [4.78, 5) is 22.7. The lowest BCUT2D eigenvalue weighted by Crippen LogP contribution is -2.26. The molecule has 1 aromatic carbocycles. The fourth-order valence-electron chi connectivity index (χ4n) is 1.22. The molecule has 0 aliphatic carbocycles. The molecule has 0 fully saturated rings. The summed E-state index contributed by atoms with van der Waals surface area (Å²) < 4.78 is 0. The molecule has 1 amide bonds. The van der Waals surface area contributed by atoms with Crippen LogP contribution in [0.2, 0.25) is 0 Å². The summed E-state index contributed by atoms with van der Waals surface area (Å²) in [5.41, 5.74) is 1.04. The number of nitrogens with one attached hydrogen (secondary N) is 1. The Morgan fingerprint density at radius 3 is 2.38 bits per heavy atom. The molecule has 0 aromatic heterocycles. The van der Waals surface area contributed by atoms with Crippen molar-refractivity contribution in [2.75, 3.05) is 0 Å². The van der Waals surface area contributed by atoms with E-state index in [9.17, 15) is 9.59 Å². The number of hydrogen-bond donors (Lipinski definition) is 1. The molecule has 16 heavy (non-hydrogen) atoms. The molecular weight excluding hydrogens is 202 g/mol. The number of hydrogen-bond acceptors (Lipinski definition) is 2. The quantitative estimate of drug-likeness (QED) is 0.769. The summed E-state index contributed by atoms with van der Waals surface area (Å²) in [6.07, 6.45) is -0.0233. The van der Waals surface area contributed by atoms with E-state index in [4.69, 9.17) is 0 Å². The van der Waals surface area contributed by atoms with Gasteiger partial charge in [-0.25, -0.2) is 0 Å². The van der Waals surface area contributed by atoms with Gasteiger partial charge >= 0.3 is 0 Å². The molecule has 0 atom stereocenters. The monoisotopic (exact) mass is 219 g/mol. The molecule has 0 aliphatic rings. The molecule has 0 saturated carbocycles. The molecule has 0 unspecified atom stereocenters. The second-order valence-corrected chi connectivity index (χ2v) is 4.06. The number of Topliss-reactive ketones (excluding diaryl/α,β-unsaturated/α-hetero) is 1. The summed E-state index contributed by atoms with van der Waals surface area (Å²) in [5, 5.41) is 2.72. The van der Waals surface area contributed by atoms with Crippen molar-refractivity contribution in [3.63, 3.8) is 0 Å². The van der Waals surface area contributed by atoms with Crippen molar-refractivity contribution in [1.29, 1.82) is 0 Å². The van der Waals surface area contributed by atoms with E-state index in [0.29, 0.717) is 6.54 Å². The molecule has 0 spiro atoms. The van der Waals surface area contributed by atoms with Crippen LogP contribution < -0.4 is 5.32 Å². The molecule has 1 aromatic rings. The van der Waals surface area contributed by atoms with E-state index in [0.717, 1.165) is 5.56 Å². The van der Waals surface area contributed by atoms with Gasteiger partial charge in [-0.05, 0) is 5.56 Å². The molecule has 3 nitrogen and oxygen atoms in total. The van der Waals surface area contributed by atoms with Crippen molar-refractivity contribution in [1.82, 2.24) is 5.32 Å². The summed E-state index contributed by atoms with van der Waals surface area (Å²) in [6.45, 7) is 4.07. The molecule has 0 bridgehead atoms. The van der Waals surface area contributed by atoms with Crippen molar-refractivity contribution >= 4 is 11.7 Å². The SMILES string of the molecule is CC(C)C(=O)CC(=O)NCc1ccccc1. The van der Waals surface area contributed by atoms with Crippen LogP contribution in [-0.2, 0) is 16.1 Å². The molecule has 1 N–H and O–H groups in total. The zero-order valence-corrected chi connectivity index (χ0v) is 9.69. The number of carbonyl (C=O) groups excluding carboxylic acids is 2. The number of ketones is 1. The van der Waals surface area contributed by atoms with E-state index >= 15 is 0 Å². The Labute approximate surface area is 95.9 Å². The Bertz CT molecular complexity index is 357. The minimum Gasteiger partial charge on any atom is -0.352 e. The fraction of sp³-hybridized carbons (Fsp3) is 0.385. The molecule has 3 heteroatoms. The van der Waals surface area contributed by atoms with Gasteiger partial charge in [0.1, 0.15) is 5.78 Å². The van der Waals surface area contributed by atoms with Crippen LogP contribution in [-0.4, -0.2) is 11.7 Å². The molecule has 0 saturated heterocycles. The lowest BCUT2D eigenvalue weighted by molar-refractivity contribution is -0.129. The largest absolute Gasteiger partial charge is 0.352 e. The van der Waals surface area contributed by atoms with Crippen LogP contribution >= 0.6 is 0 Å². The van der Waals surface area contributed by atoms with Crippen LogP contribution in [0.4, 0.5) is 0 Å². The van der Waals surface area contributed by atoms with E-state index in [1.807, 2.05) is 30.3 Å². The maximum atomic E-state index is 11.4. The molecule has 1 rings (SSSR count). The van der Waals surface area contributed by atoms with Crippen LogP contribution in [0.25, 0.3) is 0 Å². The maximum Gasteiger partial charge on any atom is 0.227 e. The first-order chi connectivity index (χ1) is 7.59. The third-order valence-electron chi connectivity index (χ3n) is 2.31. The van der Waals surface area contributed by atoms with Crippen molar-refractivity contribution in [3.05, 3.63) is 35.9 Å². The van der Waals surface area contributed by atoms with Crippen LogP contribution in [0.15, 0.2) is 30.3 Å². The van der Waals surface area contributed by atoms with E-state index in [1.165, 1.54) is 0 Å². The molecule has 0 heterocycles. The van der Waals surface area contributed by atoms with Gasteiger partial charge in [0, 0.05) is 12.5 Å². The lowest BCUT2D eigenvalue weighted by atomic mass is 10.1. The van der Waals surface area contributed by atoms with Gasteiger partial charge in [0.2, 0.25) is 5.91 Å². The molecule has 0 radical (unpaired) electrons. The Kier molecular flexibility index (Phi) is 4.70. The van der Waals surface area contributed by atoms with Crippen LogP contribution in [0.3, 0.4) is 0 Å². The van der Waals surface area contributed by atoms with E-state index in [-0.39, 0.29) is 24.0 Å². The maximum absolute atomic E-state index is 11.4. The predicted octanol–water partition coefficient (Wildman–Crippen LogP) is 1.92. The summed E-state index contributed by atoms with van der Waals surface area (Å²) in [7, 11) is 0. The first-order valence-electron chi connectivity index (χ1n) is 5.43. The minimum atomic E-state index is -0.206. The van der Waals surface area contributed by atoms with E-state index < -0.39 is 0 Å².